The molecular weight excluding hydrogens is 436 g/mol. The number of amidine groups is 1. The lowest BCUT2D eigenvalue weighted by atomic mass is 9.98. The van der Waals surface area contributed by atoms with Gasteiger partial charge >= 0.3 is 0 Å². The fourth-order valence-electron chi connectivity index (χ4n) is 5.03. The van der Waals surface area contributed by atoms with Crippen LogP contribution in [0.15, 0.2) is 64.4 Å². The molecule has 182 valence electrons. The number of fused-ring (bicyclic) bond motifs is 1. The molecule has 1 fully saturated rings. The van der Waals surface area contributed by atoms with Crippen molar-refractivity contribution in [2.75, 3.05) is 13.1 Å². The fourth-order valence-corrected chi connectivity index (χ4v) is 5.03. The Morgan fingerprint density at radius 1 is 1.11 bits per heavy atom. The van der Waals surface area contributed by atoms with Gasteiger partial charge in [-0.25, -0.2) is 0 Å². The van der Waals surface area contributed by atoms with E-state index in [1.54, 1.807) is 0 Å². The molecule has 5 rings (SSSR count). The van der Waals surface area contributed by atoms with Gasteiger partial charge in [0, 0.05) is 49.6 Å². The first-order chi connectivity index (χ1) is 16.9. The number of nitrogens with one attached hydrogen (secondary N) is 1. The van der Waals surface area contributed by atoms with Gasteiger partial charge in [0.2, 0.25) is 0 Å². The molecule has 1 saturated heterocycles. The molecule has 3 heterocycles. The average molecular weight is 471 g/mol. The molecule has 0 spiro atoms. The van der Waals surface area contributed by atoms with Crippen LogP contribution in [0.3, 0.4) is 0 Å². The Balaban J connectivity index is 1.42. The van der Waals surface area contributed by atoms with E-state index in [2.05, 4.69) is 70.6 Å². The molecule has 1 atom stereocenters. The van der Waals surface area contributed by atoms with Gasteiger partial charge in [0.05, 0.1) is 17.4 Å². The van der Waals surface area contributed by atoms with Crippen LogP contribution < -0.4 is 5.32 Å². The van der Waals surface area contributed by atoms with Crippen LogP contribution in [0.2, 0.25) is 0 Å². The first-order valence-electron chi connectivity index (χ1n) is 12.5. The Kier molecular flexibility index (Phi) is 6.43. The van der Waals surface area contributed by atoms with E-state index in [-0.39, 0.29) is 5.75 Å². The molecule has 0 saturated carbocycles. The Labute approximate surface area is 206 Å². The average Bonchev–Trinajstić information content (AvgIpc) is 3.38. The third-order valence-corrected chi connectivity index (χ3v) is 6.93. The molecule has 0 aliphatic carbocycles. The van der Waals surface area contributed by atoms with Gasteiger partial charge in [0.25, 0.3) is 0 Å². The van der Waals surface area contributed by atoms with Crippen LogP contribution in [0, 0.1) is 0 Å². The molecule has 35 heavy (non-hydrogen) atoms. The summed E-state index contributed by atoms with van der Waals surface area (Å²) in [6.07, 6.45) is 6.78. The second-order valence-electron chi connectivity index (χ2n) is 9.86. The lowest BCUT2D eigenvalue weighted by Crippen LogP contribution is -2.38. The summed E-state index contributed by atoms with van der Waals surface area (Å²) in [6.45, 7) is 8.49. The number of likely N-dealkylation sites (tertiary alicyclic amines) is 1. The van der Waals surface area contributed by atoms with Crippen LogP contribution in [0.25, 0.3) is 22.0 Å². The summed E-state index contributed by atoms with van der Waals surface area (Å²) < 4.78 is 1.86. The zero-order valence-corrected chi connectivity index (χ0v) is 21.0. The molecule has 1 unspecified atom stereocenters. The molecule has 0 bridgehead atoms. The predicted octanol–water partition coefficient (Wildman–Crippen LogP) is 4.86. The van der Waals surface area contributed by atoms with Gasteiger partial charge in [0.15, 0.2) is 0 Å². The van der Waals surface area contributed by atoms with E-state index in [0.29, 0.717) is 23.4 Å². The predicted molar refractivity (Wildman–Crippen MR) is 143 cm³/mol. The zero-order valence-electron chi connectivity index (χ0n) is 21.0. The van der Waals surface area contributed by atoms with Gasteiger partial charge < -0.3 is 15.3 Å². The van der Waals surface area contributed by atoms with Crippen molar-refractivity contribution in [1.29, 1.82) is 0 Å². The first-order valence-corrected chi connectivity index (χ1v) is 12.5. The number of phenolic OH excluding ortho intramolecular Hbond substituents is 1. The highest BCUT2D eigenvalue weighted by Crippen LogP contribution is 2.30. The lowest BCUT2D eigenvalue weighted by Gasteiger charge is -2.21. The standard InChI is InChI=1S/C28H34N6O/c1-5-19-12-25(31-32-28(13-19)34-11-10-23(17-34)30-18(2)3)24-8-6-21(15-27(24)35)20-7-9-26-22(14-20)16-29-33(26)4/h6-9,12,14-16,18,23,30,35H,5,10-11,13,17H2,1-4H3. The summed E-state index contributed by atoms with van der Waals surface area (Å²) in [4.78, 5) is 2.35. The summed E-state index contributed by atoms with van der Waals surface area (Å²) in [5, 5.41) is 29.3. The summed E-state index contributed by atoms with van der Waals surface area (Å²) >= 11 is 0. The second kappa shape index (κ2) is 9.66. The number of aryl methyl sites for hydroxylation is 1. The van der Waals surface area contributed by atoms with Gasteiger partial charge in [-0.1, -0.05) is 38.5 Å². The maximum absolute atomic E-state index is 11.0. The molecule has 2 aromatic carbocycles. The van der Waals surface area contributed by atoms with Crippen molar-refractivity contribution in [1.82, 2.24) is 20.0 Å². The normalized spacial score (nSPS) is 18.6. The van der Waals surface area contributed by atoms with Crippen LogP contribution in [-0.2, 0) is 7.05 Å². The topological polar surface area (TPSA) is 78.0 Å². The van der Waals surface area contributed by atoms with Crippen molar-refractivity contribution in [2.45, 2.75) is 52.1 Å². The Bertz CT molecular complexity index is 1330. The number of benzene rings is 2. The number of hydrogen-bond donors (Lipinski definition) is 2. The van der Waals surface area contributed by atoms with Gasteiger partial charge in [-0.15, -0.1) is 10.2 Å². The van der Waals surface area contributed by atoms with E-state index in [4.69, 9.17) is 0 Å². The van der Waals surface area contributed by atoms with Gasteiger partial charge in [-0.05, 0) is 54.3 Å². The first kappa shape index (κ1) is 23.3. The van der Waals surface area contributed by atoms with E-state index < -0.39 is 0 Å². The lowest BCUT2D eigenvalue weighted by molar-refractivity contribution is 0.445. The SMILES string of the molecule is CCC1=CC(c2ccc(-c3ccc4c(cnn4C)c3)cc2O)=NN=C(N2CCC(NC(C)C)C2)C1. The minimum Gasteiger partial charge on any atom is -0.507 e. The van der Waals surface area contributed by atoms with Crippen molar-refractivity contribution >= 4 is 22.5 Å². The fraction of sp³-hybridized carbons (Fsp3) is 0.393. The number of phenols is 1. The summed E-state index contributed by atoms with van der Waals surface area (Å²) in [7, 11) is 1.94. The summed E-state index contributed by atoms with van der Waals surface area (Å²) in [5.74, 6) is 1.22. The van der Waals surface area contributed by atoms with Crippen molar-refractivity contribution in [3.05, 3.63) is 59.8 Å². The Morgan fingerprint density at radius 3 is 2.69 bits per heavy atom. The number of nitrogens with zero attached hydrogens (tertiary/aromatic N) is 5. The number of aromatic nitrogens is 2. The summed E-state index contributed by atoms with van der Waals surface area (Å²) in [6, 6.07) is 13.0. The molecule has 2 aliphatic rings. The minimum absolute atomic E-state index is 0.209. The van der Waals surface area contributed by atoms with Gasteiger partial charge in [-0.2, -0.15) is 5.10 Å². The van der Waals surface area contributed by atoms with E-state index in [9.17, 15) is 5.11 Å². The van der Waals surface area contributed by atoms with E-state index in [1.807, 2.05) is 36.1 Å². The molecule has 3 aromatic rings. The third-order valence-electron chi connectivity index (χ3n) is 6.93. The molecule has 7 nitrogen and oxygen atoms in total. The maximum atomic E-state index is 11.0. The Morgan fingerprint density at radius 2 is 1.91 bits per heavy atom. The largest absolute Gasteiger partial charge is 0.507 e. The number of aromatic hydroxyl groups is 1. The van der Waals surface area contributed by atoms with E-state index >= 15 is 0 Å². The van der Waals surface area contributed by atoms with Gasteiger partial charge in [0.1, 0.15) is 11.6 Å². The van der Waals surface area contributed by atoms with Crippen LogP contribution in [0.4, 0.5) is 0 Å². The molecular formula is C28H34N6O. The number of hydrogen-bond acceptors (Lipinski definition) is 6. The van der Waals surface area contributed by atoms with E-state index in [0.717, 1.165) is 60.2 Å². The maximum Gasteiger partial charge on any atom is 0.131 e. The molecule has 0 amide bonds. The van der Waals surface area contributed by atoms with Crippen LogP contribution in [0.1, 0.15) is 45.6 Å². The highest BCUT2D eigenvalue weighted by molar-refractivity contribution is 6.12. The molecule has 2 N–H and O–H groups in total. The molecule has 0 radical (unpaired) electrons. The zero-order chi connectivity index (χ0) is 24.5. The second-order valence-corrected chi connectivity index (χ2v) is 9.86. The molecule has 2 aliphatic heterocycles. The van der Waals surface area contributed by atoms with Crippen molar-refractivity contribution in [3.63, 3.8) is 0 Å². The highest BCUT2D eigenvalue weighted by atomic mass is 16.3. The van der Waals surface area contributed by atoms with Crippen LogP contribution in [0.5, 0.6) is 5.75 Å². The minimum atomic E-state index is 0.209. The number of rotatable bonds is 5. The van der Waals surface area contributed by atoms with Crippen molar-refractivity contribution in [3.8, 4) is 16.9 Å². The Hall–Kier alpha value is -3.45. The highest BCUT2D eigenvalue weighted by Gasteiger charge is 2.26. The van der Waals surface area contributed by atoms with Gasteiger partial charge in [-0.3, -0.25) is 4.68 Å². The quantitative estimate of drug-likeness (QED) is 0.558. The summed E-state index contributed by atoms with van der Waals surface area (Å²) in [5.41, 5.74) is 5.76. The third kappa shape index (κ3) is 4.86. The van der Waals surface area contributed by atoms with Crippen molar-refractivity contribution < 1.29 is 5.11 Å². The van der Waals surface area contributed by atoms with Crippen LogP contribution >= 0.6 is 0 Å². The number of allylic oxidation sites excluding steroid dienone is 1. The van der Waals surface area contributed by atoms with E-state index in [1.165, 1.54) is 5.57 Å². The molecule has 7 heteroatoms. The molecule has 1 aromatic heterocycles. The van der Waals surface area contributed by atoms with Crippen molar-refractivity contribution in [2.24, 2.45) is 17.3 Å². The van der Waals surface area contributed by atoms with Crippen LogP contribution in [-0.4, -0.2) is 56.5 Å². The smallest absolute Gasteiger partial charge is 0.131 e. The monoisotopic (exact) mass is 470 g/mol.